The summed E-state index contributed by atoms with van der Waals surface area (Å²) in [4.78, 5) is 4.40. The Labute approximate surface area is 84.0 Å². The number of fused-ring (bicyclic) bond motifs is 1. The van der Waals surface area contributed by atoms with Crippen LogP contribution in [0.2, 0.25) is 0 Å². The summed E-state index contributed by atoms with van der Waals surface area (Å²) in [6.45, 7) is 6.63. The van der Waals surface area contributed by atoms with Gasteiger partial charge in [0.1, 0.15) is 5.58 Å². The second-order valence-electron chi connectivity index (χ2n) is 4.87. The molecule has 2 aromatic rings. The topological polar surface area (TPSA) is 26.0 Å². The van der Waals surface area contributed by atoms with Crippen molar-refractivity contribution in [3.63, 3.8) is 0 Å². The number of rotatable bonds is 1. The molecule has 0 aromatic carbocycles. The van der Waals surface area contributed by atoms with Gasteiger partial charge in [-0.2, -0.15) is 0 Å². The van der Waals surface area contributed by atoms with Crippen LogP contribution in [0.5, 0.6) is 0 Å². The Morgan fingerprint density at radius 2 is 2.14 bits per heavy atom. The molecule has 0 radical (unpaired) electrons. The van der Waals surface area contributed by atoms with Crippen molar-refractivity contribution < 1.29 is 4.42 Å². The summed E-state index contributed by atoms with van der Waals surface area (Å²) in [6, 6.07) is 3.96. The zero-order chi connectivity index (χ0) is 10.2. The van der Waals surface area contributed by atoms with E-state index in [1.807, 2.05) is 18.3 Å². The Balaban J connectivity index is 2.35. The van der Waals surface area contributed by atoms with Crippen LogP contribution in [0.25, 0.3) is 11.0 Å². The molecule has 0 aliphatic carbocycles. The normalized spacial score (nSPS) is 12.2. The Bertz CT molecular complexity index is 437. The van der Waals surface area contributed by atoms with Crippen molar-refractivity contribution in [3.05, 3.63) is 30.3 Å². The number of hydrogen-bond acceptors (Lipinski definition) is 2. The van der Waals surface area contributed by atoms with Crippen LogP contribution in [-0.4, -0.2) is 4.98 Å². The number of hydrogen-bond donors (Lipinski definition) is 0. The van der Waals surface area contributed by atoms with Crippen molar-refractivity contribution in [2.45, 2.75) is 27.2 Å². The number of pyridine rings is 1. The summed E-state index contributed by atoms with van der Waals surface area (Å²) in [6.07, 6.45) is 4.55. The van der Waals surface area contributed by atoms with Crippen LogP contribution in [0, 0.1) is 5.41 Å². The van der Waals surface area contributed by atoms with Gasteiger partial charge in [0.25, 0.3) is 0 Å². The van der Waals surface area contributed by atoms with Crippen molar-refractivity contribution >= 4 is 11.0 Å². The molecule has 2 rings (SSSR count). The Kier molecular flexibility index (Phi) is 2.06. The molecule has 2 nitrogen and oxygen atoms in total. The summed E-state index contributed by atoms with van der Waals surface area (Å²) in [7, 11) is 0. The smallest absolute Gasteiger partial charge is 0.137 e. The summed E-state index contributed by atoms with van der Waals surface area (Å²) >= 11 is 0. The van der Waals surface area contributed by atoms with Crippen LogP contribution in [-0.2, 0) is 6.42 Å². The molecule has 2 aromatic heterocycles. The molecule has 0 N–H and O–H groups in total. The molecule has 0 aliphatic heterocycles. The minimum absolute atomic E-state index is 0.271. The molecule has 2 heteroatoms. The van der Waals surface area contributed by atoms with Gasteiger partial charge in [-0.3, -0.25) is 4.98 Å². The zero-order valence-electron chi connectivity index (χ0n) is 8.87. The lowest BCUT2D eigenvalue weighted by Gasteiger charge is -2.16. The molecule has 74 valence electrons. The number of furan rings is 1. The van der Waals surface area contributed by atoms with Crippen molar-refractivity contribution in [3.8, 4) is 0 Å². The van der Waals surface area contributed by atoms with Gasteiger partial charge in [-0.15, -0.1) is 0 Å². The van der Waals surface area contributed by atoms with Crippen molar-refractivity contribution in [2.24, 2.45) is 5.41 Å². The van der Waals surface area contributed by atoms with Crippen LogP contribution in [0.15, 0.2) is 29.0 Å². The second-order valence-corrected chi connectivity index (χ2v) is 4.87. The SMILES string of the molecule is CC(C)(C)Cc1cc2occc2cn1. The van der Waals surface area contributed by atoms with Crippen molar-refractivity contribution in [1.82, 2.24) is 4.98 Å². The molecule has 0 saturated carbocycles. The minimum atomic E-state index is 0.271. The van der Waals surface area contributed by atoms with E-state index in [1.54, 1.807) is 6.26 Å². The largest absolute Gasteiger partial charge is 0.464 e. The van der Waals surface area contributed by atoms with Gasteiger partial charge in [0.2, 0.25) is 0 Å². The lowest BCUT2D eigenvalue weighted by atomic mass is 9.90. The van der Waals surface area contributed by atoms with Crippen molar-refractivity contribution in [2.75, 3.05) is 0 Å². The fraction of sp³-hybridized carbons (Fsp3) is 0.417. The maximum atomic E-state index is 5.33. The van der Waals surface area contributed by atoms with E-state index in [9.17, 15) is 0 Å². The van der Waals surface area contributed by atoms with E-state index < -0.39 is 0 Å². The number of nitrogens with zero attached hydrogens (tertiary/aromatic N) is 1. The van der Waals surface area contributed by atoms with Gasteiger partial charge in [-0.1, -0.05) is 20.8 Å². The van der Waals surface area contributed by atoms with Gasteiger partial charge in [-0.05, 0) is 17.9 Å². The first kappa shape index (κ1) is 9.25. The van der Waals surface area contributed by atoms with Crippen LogP contribution in [0.4, 0.5) is 0 Å². The third-order valence-corrected chi connectivity index (χ3v) is 2.11. The van der Waals surface area contributed by atoms with Gasteiger partial charge in [0.05, 0.1) is 6.26 Å². The fourth-order valence-electron chi connectivity index (χ4n) is 1.54. The van der Waals surface area contributed by atoms with E-state index in [1.165, 1.54) is 0 Å². The van der Waals surface area contributed by atoms with E-state index in [2.05, 4.69) is 25.8 Å². The van der Waals surface area contributed by atoms with Crippen molar-refractivity contribution in [1.29, 1.82) is 0 Å². The molecule has 0 unspecified atom stereocenters. The van der Waals surface area contributed by atoms with Crippen LogP contribution < -0.4 is 0 Å². The van der Waals surface area contributed by atoms with E-state index in [4.69, 9.17) is 4.42 Å². The van der Waals surface area contributed by atoms with Crippen LogP contribution >= 0.6 is 0 Å². The molecule has 14 heavy (non-hydrogen) atoms. The highest BCUT2D eigenvalue weighted by molar-refractivity contribution is 5.76. The maximum Gasteiger partial charge on any atom is 0.137 e. The molecule has 0 amide bonds. The lowest BCUT2D eigenvalue weighted by Crippen LogP contribution is -2.10. The molecular weight excluding hydrogens is 174 g/mol. The van der Waals surface area contributed by atoms with Crippen LogP contribution in [0.3, 0.4) is 0 Å². The molecule has 0 atom stereocenters. The molecule has 0 fully saturated rings. The lowest BCUT2D eigenvalue weighted by molar-refractivity contribution is 0.406. The summed E-state index contributed by atoms with van der Waals surface area (Å²) in [5.74, 6) is 0. The standard InChI is InChI=1S/C12H15NO/c1-12(2,3)7-10-6-11-9(8-13-10)4-5-14-11/h4-6,8H,7H2,1-3H3. The highest BCUT2D eigenvalue weighted by Crippen LogP contribution is 2.22. The summed E-state index contributed by atoms with van der Waals surface area (Å²) in [5.41, 5.74) is 2.30. The average Bonchev–Trinajstić information content (AvgIpc) is 2.47. The summed E-state index contributed by atoms with van der Waals surface area (Å²) in [5, 5.41) is 1.07. The van der Waals surface area contributed by atoms with Gasteiger partial charge >= 0.3 is 0 Å². The first-order chi connectivity index (χ1) is 6.54. The Hall–Kier alpha value is -1.31. The molecule has 2 heterocycles. The molecule has 0 bridgehead atoms. The first-order valence-corrected chi connectivity index (χ1v) is 4.87. The third-order valence-electron chi connectivity index (χ3n) is 2.11. The molecule has 0 aliphatic rings. The van der Waals surface area contributed by atoms with Gasteiger partial charge in [0, 0.05) is 23.3 Å². The van der Waals surface area contributed by atoms with Gasteiger partial charge in [0.15, 0.2) is 0 Å². The van der Waals surface area contributed by atoms with E-state index >= 15 is 0 Å². The predicted octanol–water partition coefficient (Wildman–Crippen LogP) is 3.42. The van der Waals surface area contributed by atoms with E-state index in [0.717, 1.165) is 23.1 Å². The highest BCUT2D eigenvalue weighted by atomic mass is 16.3. The average molecular weight is 189 g/mol. The molecule has 0 saturated heterocycles. The van der Waals surface area contributed by atoms with E-state index in [-0.39, 0.29) is 5.41 Å². The Morgan fingerprint density at radius 1 is 1.36 bits per heavy atom. The van der Waals surface area contributed by atoms with Gasteiger partial charge < -0.3 is 4.42 Å². The quantitative estimate of drug-likeness (QED) is 0.687. The molecular formula is C12H15NO. The second kappa shape index (κ2) is 3.12. The summed E-state index contributed by atoms with van der Waals surface area (Å²) < 4.78 is 5.33. The predicted molar refractivity (Wildman–Crippen MR) is 57.2 cm³/mol. The fourth-order valence-corrected chi connectivity index (χ4v) is 1.54. The van der Waals surface area contributed by atoms with Gasteiger partial charge in [-0.25, -0.2) is 0 Å². The minimum Gasteiger partial charge on any atom is -0.464 e. The van der Waals surface area contributed by atoms with E-state index in [0.29, 0.717) is 0 Å². The monoisotopic (exact) mass is 189 g/mol. The third kappa shape index (κ3) is 1.95. The number of aromatic nitrogens is 1. The maximum absolute atomic E-state index is 5.33. The van der Waals surface area contributed by atoms with Crippen LogP contribution in [0.1, 0.15) is 26.5 Å². The zero-order valence-corrected chi connectivity index (χ0v) is 8.87. The molecule has 0 spiro atoms. The highest BCUT2D eigenvalue weighted by Gasteiger charge is 2.12. The first-order valence-electron chi connectivity index (χ1n) is 4.87. The Morgan fingerprint density at radius 3 is 2.86 bits per heavy atom.